The molecule has 0 bridgehead atoms. The summed E-state index contributed by atoms with van der Waals surface area (Å²) >= 11 is 0. The first-order chi connectivity index (χ1) is 18.6. The number of rotatable bonds is 6. The number of nitrogens with zero attached hydrogens (tertiary/aromatic N) is 4. The van der Waals surface area contributed by atoms with Crippen LogP contribution in [0.5, 0.6) is 5.75 Å². The maximum Gasteiger partial charge on any atom is 0.411 e. The molecule has 13 heteroatoms. The third kappa shape index (κ3) is 4.56. The molecule has 0 spiro atoms. The van der Waals surface area contributed by atoms with Gasteiger partial charge in [-0.25, -0.2) is 4.98 Å². The van der Waals surface area contributed by atoms with E-state index in [0.29, 0.717) is 33.6 Å². The molecule has 10 nitrogen and oxygen atoms in total. The topological polar surface area (TPSA) is 137 Å². The summed E-state index contributed by atoms with van der Waals surface area (Å²) in [5.41, 5.74) is 6.76. The van der Waals surface area contributed by atoms with Crippen LogP contribution in [0.4, 0.5) is 24.7 Å². The Bertz CT molecular complexity index is 1650. The molecule has 198 valence electrons. The van der Waals surface area contributed by atoms with E-state index in [1.807, 2.05) is 5.92 Å². The highest BCUT2D eigenvalue weighted by Gasteiger charge is 2.64. The number of nitrogen functional groups attached to an aromatic ring is 1. The third-order valence-corrected chi connectivity index (χ3v) is 6.40. The zero-order valence-corrected chi connectivity index (χ0v) is 20.3. The Balaban J connectivity index is 1.58. The molecular formula is C26H20F3N7O3. The Labute approximate surface area is 219 Å². The lowest BCUT2D eigenvalue weighted by atomic mass is 9.97. The van der Waals surface area contributed by atoms with Crippen molar-refractivity contribution in [2.75, 3.05) is 18.2 Å². The molecule has 1 saturated carbocycles. The van der Waals surface area contributed by atoms with E-state index in [1.54, 1.807) is 30.3 Å². The molecule has 0 saturated heterocycles. The summed E-state index contributed by atoms with van der Waals surface area (Å²) in [6.07, 6.45) is 1.42. The lowest BCUT2D eigenvalue weighted by molar-refractivity contribution is -0.163. The second-order valence-electron chi connectivity index (χ2n) is 8.83. The highest BCUT2D eigenvalue weighted by atomic mass is 19.4. The van der Waals surface area contributed by atoms with Crippen LogP contribution in [0.2, 0.25) is 0 Å². The lowest BCUT2D eigenvalue weighted by Crippen LogP contribution is -2.47. The van der Waals surface area contributed by atoms with Crippen molar-refractivity contribution in [1.82, 2.24) is 25.1 Å². The number of terminal acetylenes is 1. The zero-order chi connectivity index (χ0) is 27.9. The average Bonchev–Trinajstić information content (AvgIpc) is 3.60. The van der Waals surface area contributed by atoms with Crippen LogP contribution in [0.1, 0.15) is 23.2 Å². The number of halogens is 3. The molecule has 0 atom stereocenters. The van der Waals surface area contributed by atoms with Gasteiger partial charge in [0.2, 0.25) is 0 Å². The van der Waals surface area contributed by atoms with Crippen LogP contribution in [0.25, 0.3) is 27.9 Å². The Morgan fingerprint density at radius 3 is 2.46 bits per heavy atom. The van der Waals surface area contributed by atoms with Gasteiger partial charge in [-0.2, -0.15) is 13.2 Å². The Morgan fingerprint density at radius 1 is 1.15 bits per heavy atom. The normalized spacial score (nSPS) is 13.9. The number of carbonyl (C=O) groups excluding carboxylic acids is 2. The molecule has 2 heterocycles. The number of hydrogen-bond acceptors (Lipinski definition) is 7. The number of nitrogens with one attached hydrogen (secondary N) is 2. The molecule has 1 aliphatic carbocycles. The number of methoxy groups -OCH3 is 1. The van der Waals surface area contributed by atoms with Crippen LogP contribution in [-0.4, -0.2) is 50.5 Å². The van der Waals surface area contributed by atoms with Crippen molar-refractivity contribution in [2.45, 2.75) is 24.6 Å². The molecule has 4 N–H and O–H groups in total. The van der Waals surface area contributed by atoms with Gasteiger partial charge in [-0.05, 0) is 48.6 Å². The van der Waals surface area contributed by atoms with E-state index in [0.717, 1.165) is 0 Å². The van der Waals surface area contributed by atoms with Gasteiger partial charge in [0.1, 0.15) is 28.8 Å². The Hall–Kier alpha value is -5.12. The van der Waals surface area contributed by atoms with Crippen LogP contribution < -0.4 is 21.1 Å². The van der Waals surface area contributed by atoms with E-state index in [9.17, 15) is 22.8 Å². The summed E-state index contributed by atoms with van der Waals surface area (Å²) in [6, 6.07) is 11.1. The second-order valence-corrected chi connectivity index (χ2v) is 8.83. The van der Waals surface area contributed by atoms with Crippen LogP contribution in [0, 0.1) is 12.3 Å². The van der Waals surface area contributed by atoms with E-state index in [-0.39, 0.29) is 30.0 Å². The van der Waals surface area contributed by atoms with E-state index in [1.165, 1.54) is 30.2 Å². The van der Waals surface area contributed by atoms with Crippen molar-refractivity contribution in [2.24, 2.45) is 0 Å². The van der Waals surface area contributed by atoms with E-state index >= 15 is 0 Å². The summed E-state index contributed by atoms with van der Waals surface area (Å²) in [5, 5.41) is 13.3. The minimum absolute atomic E-state index is 0.0519. The molecule has 0 radical (unpaired) electrons. The van der Waals surface area contributed by atoms with Gasteiger partial charge in [0.25, 0.3) is 11.8 Å². The van der Waals surface area contributed by atoms with Crippen molar-refractivity contribution in [3.05, 3.63) is 54.4 Å². The second kappa shape index (κ2) is 9.32. The van der Waals surface area contributed by atoms with Crippen LogP contribution >= 0.6 is 0 Å². The number of fused-ring (bicyclic) bond motifs is 1. The first kappa shape index (κ1) is 25.5. The molecular weight excluding hydrogens is 515 g/mol. The third-order valence-electron chi connectivity index (χ3n) is 6.40. The largest absolute Gasteiger partial charge is 0.496 e. The quantitative estimate of drug-likeness (QED) is 0.322. The molecule has 0 unspecified atom stereocenters. The molecule has 5 rings (SSSR count). The molecule has 2 aromatic carbocycles. The lowest BCUT2D eigenvalue weighted by Gasteiger charge is -2.21. The molecule has 4 aromatic rings. The SMILES string of the molecule is C#CC(=O)Nc1ccc(-c2nn3ncnc(N)c3c2-c2ccc(C(=O)NC3(C(F)(F)F)CC3)c(OC)c2)cc1. The fourth-order valence-corrected chi connectivity index (χ4v) is 4.20. The summed E-state index contributed by atoms with van der Waals surface area (Å²) in [7, 11) is 1.31. The monoisotopic (exact) mass is 535 g/mol. The number of nitrogens with two attached hydrogens (primary N) is 1. The summed E-state index contributed by atoms with van der Waals surface area (Å²) in [5.74, 6) is 0.644. The van der Waals surface area contributed by atoms with Crippen molar-refractivity contribution in [3.63, 3.8) is 0 Å². The number of benzene rings is 2. The average molecular weight is 535 g/mol. The maximum absolute atomic E-state index is 13.4. The fraction of sp³-hybridized carbons (Fsp3) is 0.192. The standard InChI is InChI=1S/C26H20F3N7O3/c1-3-19(37)33-16-7-4-14(5-8-16)21-20(22-23(30)31-13-32-36(22)35-21)15-6-9-17(18(12-15)39-2)24(38)34-25(10-11-25)26(27,28)29/h1,4-9,12-13H,10-11H2,2H3,(H,33,37)(H,34,38)(H2,30,31,32). The van der Waals surface area contributed by atoms with Gasteiger partial charge in [-0.15, -0.1) is 21.3 Å². The van der Waals surface area contributed by atoms with Crippen LogP contribution in [-0.2, 0) is 4.79 Å². The first-order valence-corrected chi connectivity index (χ1v) is 11.5. The van der Waals surface area contributed by atoms with Gasteiger partial charge in [0.05, 0.1) is 12.7 Å². The van der Waals surface area contributed by atoms with Crippen molar-refractivity contribution in [1.29, 1.82) is 0 Å². The minimum atomic E-state index is -4.56. The molecule has 39 heavy (non-hydrogen) atoms. The smallest absolute Gasteiger partial charge is 0.411 e. The highest BCUT2D eigenvalue weighted by molar-refractivity contribution is 6.04. The molecule has 2 aromatic heterocycles. The van der Waals surface area contributed by atoms with Crippen LogP contribution in [0.15, 0.2) is 48.8 Å². The Kier molecular flexibility index (Phi) is 6.10. The number of carbonyl (C=O) groups is 2. The van der Waals surface area contributed by atoms with E-state index in [2.05, 4.69) is 25.8 Å². The van der Waals surface area contributed by atoms with Crippen molar-refractivity contribution < 1.29 is 27.5 Å². The number of aromatic nitrogens is 4. The number of amides is 2. The number of ether oxygens (including phenoxy) is 1. The van der Waals surface area contributed by atoms with Gasteiger partial charge >= 0.3 is 6.18 Å². The number of alkyl halides is 3. The van der Waals surface area contributed by atoms with Gasteiger partial charge < -0.3 is 21.1 Å². The van der Waals surface area contributed by atoms with Crippen molar-refractivity contribution >= 4 is 28.8 Å². The highest BCUT2D eigenvalue weighted by Crippen LogP contribution is 2.49. The summed E-state index contributed by atoms with van der Waals surface area (Å²) in [4.78, 5) is 28.4. The zero-order valence-electron chi connectivity index (χ0n) is 20.3. The first-order valence-electron chi connectivity index (χ1n) is 11.5. The Morgan fingerprint density at radius 2 is 1.85 bits per heavy atom. The summed E-state index contributed by atoms with van der Waals surface area (Å²) in [6.45, 7) is 0. The van der Waals surface area contributed by atoms with Gasteiger partial charge in [-0.3, -0.25) is 9.59 Å². The van der Waals surface area contributed by atoms with E-state index < -0.39 is 23.5 Å². The number of anilines is 2. The summed E-state index contributed by atoms with van der Waals surface area (Å²) < 4.78 is 46.9. The number of hydrogen-bond donors (Lipinski definition) is 3. The van der Waals surface area contributed by atoms with Gasteiger partial charge in [-0.1, -0.05) is 18.2 Å². The predicted molar refractivity (Wildman–Crippen MR) is 136 cm³/mol. The fourth-order valence-electron chi connectivity index (χ4n) is 4.20. The van der Waals surface area contributed by atoms with Gasteiger partial charge in [0.15, 0.2) is 5.82 Å². The van der Waals surface area contributed by atoms with Gasteiger partial charge in [0, 0.05) is 16.8 Å². The van der Waals surface area contributed by atoms with Crippen LogP contribution in [0.3, 0.4) is 0 Å². The minimum Gasteiger partial charge on any atom is -0.496 e. The van der Waals surface area contributed by atoms with E-state index in [4.69, 9.17) is 16.9 Å². The molecule has 2 amide bonds. The molecule has 0 aliphatic heterocycles. The van der Waals surface area contributed by atoms with Crippen molar-refractivity contribution in [3.8, 4) is 40.5 Å². The molecule has 1 fully saturated rings. The predicted octanol–water partition coefficient (Wildman–Crippen LogP) is 3.45. The molecule has 1 aliphatic rings. The maximum atomic E-state index is 13.4.